The predicted molar refractivity (Wildman–Crippen MR) is 408 cm³/mol. The molecular formula is C93H85N3O3. The maximum atomic E-state index is 12.9. The van der Waals surface area contributed by atoms with Crippen molar-refractivity contribution in [3.05, 3.63) is 337 Å². The first kappa shape index (κ1) is 69.1. The van der Waals surface area contributed by atoms with Gasteiger partial charge in [0.1, 0.15) is 0 Å². The summed E-state index contributed by atoms with van der Waals surface area (Å²) in [5.41, 5.74) is 21.7. The summed E-state index contributed by atoms with van der Waals surface area (Å²) in [7, 11) is 0. The molecule has 490 valence electrons. The number of anilines is 3. The molecule has 3 aliphatic heterocycles. The van der Waals surface area contributed by atoms with Crippen LogP contribution < -0.4 is 14.7 Å². The normalized spacial score (nSPS) is 14.3. The van der Waals surface area contributed by atoms with Crippen LogP contribution in [0.4, 0.5) is 17.1 Å². The lowest BCUT2D eigenvalue weighted by atomic mass is 9.79. The molecule has 0 aromatic heterocycles. The summed E-state index contributed by atoms with van der Waals surface area (Å²) in [6, 6.07) is 82.3. The smallest absolute Gasteiger partial charge is 0.259 e. The lowest BCUT2D eigenvalue weighted by Gasteiger charge is -2.31. The Morgan fingerprint density at radius 3 is 1.24 bits per heavy atom. The Kier molecular flexibility index (Phi) is 22.8. The van der Waals surface area contributed by atoms with Crippen molar-refractivity contribution in [3.8, 4) is 59.2 Å². The summed E-state index contributed by atoms with van der Waals surface area (Å²) in [5.74, 6) is 33.9. The van der Waals surface area contributed by atoms with Crippen LogP contribution in [0.1, 0.15) is 181 Å². The second-order valence-electron chi connectivity index (χ2n) is 26.7. The molecule has 5 aliphatic rings. The highest BCUT2D eigenvalue weighted by atomic mass is 16.5. The van der Waals surface area contributed by atoms with Crippen LogP contribution in [-0.2, 0) is 35.5 Å². The standard InChI is InChI=1S/C19H17NO.C19H18O.C19H18.C18H15NO.C18H17N/c1-14(2)19(21)20-13-17-9-4-3-7-15(17)11-12-16-8-5-6-10-18(16)20;1-14(2)20-19-13-17-9-4-3-7-15(17)11-12-16-8-5-6-10-18(16)19;1-14(2)19-13-17-9-4-3-7-15(17)11-12-16-8-5-6-10-18(16)19;1-13(2)19-17-10-6-4-8-15(17)12-11-14-7-3-5-9-16(14)18(19)20;1-14(2)19-13-17-9-4-3-7-15(17)11-12-16-8-5-6-10-18(16)19/h3-10,14H,13H2,1-2H3;3-10,14,19H,13H2,1-2H3;3-10,14,19H,13H2,1-2H3;3-10,13H,1-2H3;3-10,14H,13H2,1-2H3. The van der Waals surface area contributed by atoms with E-state index in [4.69, 9.17) is 4.74 Å². The van der Waals surface area contributed by atoms with E-state index in [-0.39, 0.29) is 36.0 Å². The second-order valence-corrected chi connectivity index (χ2v) is 26.7. The van der Waals surface area contributed by atoms with E-state index < -0.39 is 0 Å². The third-order valence-electron chi connectivity index (χ3n) is 18.0. The highest BCUT2D eigenvalue weighted by Gasteiger charge is 2.28. The van der Waals surface area contributed by atoms with Gasteiger partial charge in [0.15, 0.2) is 0 Å². The van der Waals surface area contributed by atoms with Crippen LogP contribution in [0.15, 0.2) is 243 Å². The van der Waals surface area contributed by atoms with Crippen molar-refractivity contribution >= 4 is 28.9 Å². The van der Waals surface area contributed by atoms with Crippen LogP contribution in [0.25, 0.3) is 0 Å². The average molecular weight is 1290 g/mol. The van der Waals surface area contributed by atoms with Gasteiger partial charge in [0.05, 0.1) is 41.4 Å². The van der Waals surface area contributed by atoms with E-state index in [1.807, 2.05) is 147 Å². The number of nitrogens with zero attached hydrogens (tertiary/aromatic N) is 3. The van der Waals surface area contributed by atoms with Gasteiger partial charge in [0.25, 0.3) is 5.91 Å². The highest BCUT2D eigenvalue weighted by Crippen LogP contribution is 2.35. The fourth-order valence-electron chi connectivity index (χ4n) is 12.9. The van der Waals surface area contributed by atoms with E-state index in [9.17, 15) is 9.59 Å². The van der Waals surface area contributed by atoms with Gasteiger partial charge in [-0.05, 0) is 178 Å². The van der Waals surface area contributed by atoms with Crippen molar-refractivity contribution in [2.24, 2.45) is 11.8 Å². The molecule has 99 heavy (non-hydrogen) atoms. The predicted octanol–water partition coefficient (Wildman–Crippen LogP) is 19.3. The minimum atomic E-state index is -0.0439. The second kappa shape index (κ2) is 32.6. The molecule has 0 spiro atoms. The molecule has 15 rings (SSSR count). The molecule has 10 aromatic rings. The molecule has 2 unspecified atom stereocenters. The monoisotopic (exact) mass is 1290 g/mol. The van der Waals surface area contributed by atoms with E-state index in [1.165, 1.54) is 44.6 Å². The molecule has 0 radical (unpaired) electrons. The summed E-state index contributed by atoms with van der Waals surface area (Å²) >= 11 is 0. The molecule has 6 nitrogen and oxygen atoms in total. The summed E-state index contributed by atoms with van der Waals surface area (Å²) in [5, 5.41) is 0. The molecule has 2 amide bonds. The molecule has 2 atom stereocenters. The lowest BCUT2D eigenvalue weighted by Crippen LogP contribution is -2.38. The van der Waals surface area contributed by atoms with Crippen molar-refractivity contribution in [1.29, 1.82) is 0 Å². The number of fused-ring (bicyclic) bond motifs is 10. The number of benzene rings is 10. The van der Waals surface area contributed by atoms with E-state index in [1.54, 1.807) is 0 Å². The van der Waals surface area contributed by atoms with Crippen molar-refractivity contribution in [2.45, 2.75) is 125 Å². The van der Waals surface area contributed by atoms with Crippen LogP contribution >= 0.6 is 0 Å². The Balaban J connectivity index is 0.000000125. The molecule has 10 aromatic carbocycles. The van der Waals surface area contributed by atoms with E-state index in [0.717, 1.165) is 80.8 Å². The van der Waals surface area contributed by atoms with Crippen LogP contribution in [0, 0.1) is 71.0 Å². The Labute approximate surface area is 588 Å². The summed E-state index contributed by atoms with van der Waals surface area (Å²) in [4.78, 5) is 31.6. The van der Waals surface area contributed by atoms with Crippen LogP contribution in [-0.4, -0.2) is 30.0 Å². The number of hydrogen-bond donors (Lipinski definition) is 0. The zero-order chi connectivity index (χ0) is 69.4. The quantitative estimate of drug-likeness (QED) is 0.156. The molecule has 6 heteroatoms. The third-order valence-corrected chi connectivity index (χ3v) is 18.0. The number of para-hydroxylation sites is 3. The van der Waals surface area contributed by atoms with E-state index in [2.05, 4.69) is 239 Å². The van der Waals surface area contributed by atoms with Gasteiger partial charge in [0.2, 0.25) is 5.91 Å². The number of carbonyl (C=O) groups is 2. The number of amides is 2. The van der Waals surface area contributed by atoms with Crippen LogP contribution in [0.2, 0.25) is 0 Å². The Hall–Kier alpha value is -11.3. The van der Waals surface area contributed by atoms with Crippen molar-refractivity contribution in [3.63, 3.8) is 0 Å². The molecule has 0 saturated heterocycles. The zero-order valence-electron chi connectivity index (χ0n) is 58.5. The van der Waals surface area contributed by atoms with Crippen molar-refractivity contribution < 1.29 is 14.3 Å². The van der Waals surface area contributed by atoms with E-state index >= 15 is 0 Å². The largest absolute Gasteiger partial charge is 0.370 e. The van der Waals surface area contributed by atoms with Gasteiger partial charge in [-0.1, -0.05) is 245 Å². The van der Waals surface area contributed by atoms with Gasteiger partial charge in [-0.3, -0.25) is 9.59 Å². The molecule has 2 aliphatic carbocycles. The lowest BCUT2D eigenvalue weighted by molar-refractivity contribution is -0.121. The molecule has 0 N–H and O–H groups in total. The minimum absolute atomic E-state index is 0.0112. The van der Waals surface area contributed by atoms with Gasteiger partial charge in [-0.25, -0.2) is 0 Å². The van der Waals surface area contributed by atoms with Crippen molar-refractivity contribution in [2.75, 3.05) is 14.7 Å². The van der Waals surface area contributed by atoms with Crippen molar-refractivity contribution in [1.82, 2.24) is 0 Å². The number of carbonyl (C=O) groups excluding carboxylic acids is 2. The maximum absolute atomic E-state index is 12.9. The summed E-state index contributed by atoms with van der Waals surface area (Å²) in [6.45, 7) is 22.6. The van der Waals surface area contributed by atoms with Gasteiger partial charge in [-0.2, -0.15) is 0 Å². The minimum Gasteiger partial charge on any atom is -0.370 e. The van der Waals surface area contributed by atoms with Crippen LogP contribution in [0.5, 0.6) is 0 Å². The highest BCUT2D eigenvalue weighted by molar-refractivity contribution is 6.09. The Morgan fingerprint density at radius 1 is 0.364 bits per heavy atom. The maximum Gasteiger partial charge on any atom is 0.259 e. The van der Waals surface area contributed by atoms with Gasteiger partial charge >= 0.3 is 0 Å². The number of ether oxygens (including phenoxy) is 1. The molecule has 0 fully saturated rings. The van der Waals surface area contributed by atoms with Gasteiger partial charge in [-0.15, -0.1) is 0 Å². The number of hydrogen-bond acceptors (Lipinski definition) is 4. The first-order valence-electron chi connectivity index (χ1n) is 34.6. The Bertz CT molecular complexity index is 4790. The fraction of sp³-hybridized carbons (Fsp3) is 0.226. The zero-order valence-corrected chi connectivity index (χ0v) is 58.5. The third kappa shape index (κ3) is 16.9. The molecule has 0 saturated carbocycles. The average Bonchev–Trinajstić information content (AvgIpc) is 0.822. The summed E-state index contributed by atoms with van der Waals surface area (Å²) in [6.07, 6.45) is 2.23. The summed E-state index contributed by atoms with van der Waals surface area (Å²) < 4.78 is 6.14. The first-order chi connectivity index (χ1) is 48.1. The molecule has 0 bridgehead atoms. The molecule has 3 heterocycles. The number of rotatable bonds is 6. The van der Waals surface area contributed by atoms with Crippen LogP contribution in [0.3, 0.4) is 0 Å². The molecular weight excluding hydrogens is 1210 g/mol. The SMILES string of the molecule is CC(C)C(=O)N1Cc2ccccc2C#Cc2ccccc21.CC(C)C1Cc2ccccc2C#Cc2ccccc21.CC(C)N1C(=O)c2ccccc2C#Cc2ccccc21.CC(C)N1Cc2ccccc2C#Cc2ccccc21.CC(C)OC1Cc2ccccc2C#Cc2ccccc21. The van der Waals surface area contributed by atoms with Gasteiger partial charge in [0, 0.05) is 86.6 Å². The first-order valence-corrected chi connectivity index (χ1v) is 34.6. The van der Waals surface area contributed by atoms with E-state index in [0.29, 0.717) is 30.0 Å². The topological polar surface area (TPSA) is 53.1 Å². The fourth-order valence-corrected chi connectivity index (χ4v) is 12.9. The Morgan fingerprint density at radius 2 is 0.727 bits per heavy atom. The van der Waals surface area contributed by atoms with Gasteiger partial charge < -0.3 is 19.4 Å².